The van der Waals surface area contributed by atoms with E-state index in [1.54, 1.807) is 6.08 Å². The Kier molecular flexibility index (Phi) is 13.6. The number of hydrogen-bond donors (Lipinski definition) is 2. The zero-order valence-corrected chi connectivity index (χ0v) is 13.7. The molecule has 0 aromatic rings. The molecule has 22 heavy (non-hydrogen) atoms. The minimum absolute atomic E-state index is 0.0206. The smallest absolute Gasteiger partial charge is 0.303 e. The Morgan fingerprint density at radius 1 is 1.00 bits per heavy atom. The number of aliphatic carboxylic acids is 1. The highest BCUT2D eigenvalue weighted by atomic mass is 16.4. The van der Waals surface area contributed by atoms with Crippen LogP contribution in [0.4, 0.5) is 0 Å². The summed E-state index contributed by atoms with van der Waals surface area (Å²) in [5.74, 6) is -0.959. The van der Waals surface area contributed by atoms with Gasteiger partial charge < -0.3 is 10.2 Å². The Hall–Kier alpha value is -1.42. The molecule has 0 fully saturated rings. The van der Waals surface area contributed by atoms with Gasteiger partial charge in [0.2, 0.25) is 0 Å². The maximum absolute atomic E-state index is 11.4. The number of aliphatic hydroxyl groups is 1. The molecule has 0 amide bonds. The number of carbonyl (C=O) groups is 2. The summed E-state index contributed by atoms with van der Waals surface area (Å²) in [5.41, 5.74) is 0. The molecule has 1 unspecified atom stereocenters. The summed E-state index contributed by atoms with van der Waals surface area (Å²) in [6.45, 7) is 2.19. The number of unbranched alkanes of at least 4 members (excludes halogenated alkanes) is 3. The average molecular weight is 310 g/mol. The summed E-state index contributed by atoms with van der Waals surface area (Å²) in [5, 5.41) is 18.2. The lowest BCUT2D eigenvalue weighted by atomic mass is 10.1. The third-order valence-corrected chi connectivity index (χ3v) is 3.33. The standard InChI is InChI=1S/C18H30O4/c1-2-3-4-5-6-7-8-11-16(19)12-9-13-17(20)14-10-15-18(21)22/h6-7,9,13,16,19H,2-5,8,10-12,14-15H2,1H3,(H,21,22). The van der Waals surface area contributed by atoms with Crippen LogP contribution in [0.3, 0.4) is 0 Å². The second-order valence-corrected chi connectivity index (χ2v) is 5.55. The molecule has 0 bridgehead atoms. The van der Waals surface area contributed by atoms with Crippen LogP contribution in [0.5, 0.6) is 0 Å². The van der Waals surface area contributed by atoms with Crippen molar-refractivity contribution in [2.24, 2.45) is 0 Å². The van der Waals surface area contributed by atoms with Crippen molar-refractivity contribution in [2.75, 3.05) is 0 Å². The number of carbonyl (C=O) groups excluding carboxylic acids is 1. The highest BCUT2D eigenvalue weighted by molar-refractivity contribution is 5.89. The molecule has 0 aromatic heterocycles. The molecule has 0 aliphatic carbocycles. The largest absolute Gasteiger partial charge is 0.481 e. The van der Waals surface area contributed by atoms with Crippen LogP contribution in [0.25, 0.3) is 0 Å². The molecule has 0 spiro atoms. The number of ketones is 1. The van der Waals surface area contributed by atoms with Gasteiger partial charge in [-0.25, -0.2) is 0 Å². The zero-order valence-electron chi connectivity index (χ0n) is 13.7. The van der Waals surface area contributed by atoms with E-state index in [0.29, 0.717) is 19.3 Å². The van der Waals surface area contributed by atoms with E-state index in [0.717, 1.165) is 12.8 Å². The van der Waals surface area contributed by atoms with Crippen LogP contribution in [0.1, 0.15) is 71.1 Å². The van der Waals surface area contributed by atoms with Crippen LogP contribution >= 0.6 is 0 Å². The normalized spacial score (nSPS) is 13.0. The average Bonchev–Trinajstić information content (AvgIpc) is 2.46. The monoisotopic (exact) mass is 310 g/mol. The quantitative estimate of drug-likeness (QED) is 0.288. The van der Waals surface area contributed by atoms with Gasteiger partial charge in [-0.05, 0) is 44.6 Å². The van der Waals surface area contributed by atoms with Gasteiger partial charge in [-0.1, -0.05) is 38.0 Å². The highest BCUT2D eigenvalue weighted by Crippen LogP contribution is 2.06. The predicted octanol–water partition coefficient (Wildman–Crippen LogP) is 4.03. The van der Waals surface area contributed by atoms with Gasteiger partial charge in [-0.3, -0.25) is 9.59 Å². The van der Waals surface area contributed by atoms with Crippen molar-refractivity contribution in [3.8, 4) is 0 Å². The molecular formula is C18H30O4. The van der Waals surface area contributed by atoms with E-state index in [9.17, 15) is 14.7 Å². The second-order valence-electron chi connectivity index (χ2n) is 5.55. The van der Waals surface area contributed by atoms with Crippen LogP contribution in [-0.4, -0.2) is 28.1 Å². The Morgan fingerprint density at radius 3 is 2.41 bits per heavy atom. The first kappa shape index (κ1) is 20.6. The van der Waals surface area contributed by atoms with Gasteiger partial charge in [0.05, 0.1) is 6.10 Å². The molecule has 1 atom stereocenters. The minimum atomic E-state index is -0.880. The minimum Gasteiger partial charge on any atom is -0.481 e. The summed E-state index contributed by atoms with van der Waals surface area (Å²) in [6, 6.07) is 0. The lowest BCUT2D eigenvalue weighted by molar-refractivity contribution is -0.137. The molecule has 0 radical (unpaired) electrons. The van der Waals surface area contributed by atoms with Crippen molar-refractivity contribution in [3.05, 3.63) is 24.3 Å². The van der Waals surface area contributed by atoms with Crippen molar-refractivity contribution in [2.45, 2.75) is 77.2 Å². The van der Waals surface area contributed by atoms with Gasteiger partial charge in [0.1, 0.15) is 0 Å². The van der Waals surface area contributed by atoms with Gasteiger partial charge in [0, 0.05) is 12.8 Å². The summed E-state index contributed by atoms with van der Waals surface area (Å²) in [7, 11) is 0. The lowest BCUT2D eigenvalue weighted by Crippen LogP contribution is -2.04. The molecule has 126 valence electrons. The number of carboxylic acids is 1. The Labute approximate surface area is 133 Å². The molecule has 0 saturated carbocycles. The molecule has 0 aliphatic heterocycles. The summed E-state index contributed by atoms with van der Waals surface area (Å²) < 4.78 is 0. The maximum Gasteiger partial charge on any atom is 0.303 e. The van der Waals surface area contributed by atoms with E-state index < -0.39 is 12.1 Å². The van der Waals surface area contributed by atoms with Crippen LogP contribution in [-0.2, 0) is 9.59 Å². The van der Waals surface area contributed by atoms with Crippen molar-refractivity contribution in [3.63, 3.8) is 0 Å². The number of rotatable bonds is 14. The Balaban J connectivity index is 3.62. The second kappa shape index (κ2) is 14.5. The number of aliphatic hydroxyl groups excluding tert-OH is 1. The Morgan fingerprint density at radius 2 is 1.73 bits per heavy atom. The topological polar surface area (TPSA) is 74.6 Å². The van der Waals surface area contributed by atoms with E-state index in [2.05, 4.69) is 19.1 Å². The van der Waals surface area contributed by atoms with E-state index in [1.807, 2.05) is 0 Å². The fourth-order valence-corrected chi connectivity index (χ4v) is 2.01. The maximum atomic E-state index is 11.4. The molecule has 4 heteroatoms. The number of allylic oxidation sites excluding steroid dienone is 3. The van der Waals surface area contributed by atoms with Crippen LogP contribution in [0, 0.1) is 0 Å². The van der Waals surface area contributed by atoms with Crippen LogP contribution in [0.15, 0.2) is 24.3 Å². The van der Waals surface area contributed by atoms with Crippen LogP contribution < -0.4 is 0 Å². The van der Waals surface area contributed by atoms with Crippen molar-refractivity contribution < 1.29 is 19.8 Å². The molecule has 2 N–H and O–H groups in total. The molecule has 0 aliphatic rings. The fraction of sp³-hybridized carbons (Fsp3) is 0.667. The Bertz CT molecular complexity index is 358. The predicted molar refractivity (Wildman–Crippen MR) is 88.8 cm³/mol. The zero-order chi connectivity index (χ0) is 16.6. The highest BCUT2D eigenvalue weighted by Gasteiger charge is 2.02. The first-order valence-electron chi connectivity index (χ1n) is 8.30. The number of carboxylic acid groups (broad SMARTS) is 1. The lowest BCUT2D eigenvalue weighted by Gasteiger charge is -2.05. The van der Waals surface area contributed by atoms with Crippen LogP contribution in [0.2, 0.25) is 0 Å². The third kappa shape index (κ3) is 15.0. The number of hydrogen-bond acceptors (Lipinski definition) is 3. The van der Waals surface area contributed by atoms with E-state index >= 15 is 0 Å². The van der Waals surface area contributed by atoms with E-state index in [4.69, 9.17) is 5.11 Å². The summed E-state index contributed by atoms with van der Waals surface area (Å²) in [6.07, 6.45) is 14.5. The summed E-state index contributed by atoms with van der Waals surface area (Å²) in [4.78, 5) is 21.7. The van der Waals surface area contributed by atoms with Gasteiger partial charge in [0.25, 0.3) is 0 Å². The molecule has 4 nitrogen and oxygen atoms in total. The van der Waals surface area contributed by atoms with Crippen molar-refractivity contribution >= 4 is 11.8 Å². The molecular weight excluding hydrogens is 280 g/mol. The van der Waals surface area contributed by atoms with Crippen molar-refractivity contribution in [1.82, 2.24) is 0 Å². The molecule has 0 heterocycles. The van der Waals surface area contributed by atoms with Gasteiger partial charge in [-0.2, -0.15) is 0 Å². The first-order chi connectivity index (χ1) is 10.6. The fourth-order valence-electron chi connectivity index (χ4n) is 2.01. The molecule has 0 aromatic carbocycles. The van der Waals surface area contributed by atoms with Gasteiger partial charge >= 0.3 is 5.97 Å². The molecule has 0 saturated heterocycles. The summed E-state index contributed by atoms with van der Waals surface area (Å²) >= 11 is 0. The SMILES string of the molecule is CCCCCC=CCCC(O)CC=CC(=O)CCCC(=O)O. The van der Waals surface area contributed by atoms with Gasteiger partial charge in [0.15, 0.2) is 5.78 Å². The van der Waals surface area contributed by atoms with E-state index in [-0.39, 0.29) is 18.6 Å². The first-order valence-corrected chi connectivity index (χ1v) is 8.30. The van der Waals surface area contributed by atoms with Gasteiger partial charge in [-0.15, -0.1) is 0 Å². The third-order valence-electron chi connectivity index (χ3n) is 3.33. The molecule has 0 rings (SSSR count). The van der Waals surface area contributed by atoms with E-state index in [1.165, 1.54) is 25.3 Å². The van der Waals surface area contributed by atoms with Crippen molar-refractivity contribution in [1.29, 1.82) is 0 Å².